The van der Waals surface area contributed by atoms with Crippen molar-refractivity contribution in [2.24, 2.45) is 7.05 Å². The first-order valence-electron chi connectivity index (χ1n) is 9.44. The van der Waals surface area contributed by atoms with E-state index in [0.717, 1.165) is 4.31 Å². The molecule has 30 heavy (non-hydrogen) atoms. The first-order valence-corrected chi connectivity index (χ1v) is 10.9. The van der Waals surface area contributed by atoms with Crippen LogP contribution in [-0.2, 0) is 26.6 Å². The molecule has 0 bridgehead atoms. The maximum Gasteiger partial charge on any atom is 0.354 e. The molecule has 1 aliphatic heterocycles. The van der Waals surface area contributed by atoms with Gasteiger partial charge < -0.3 is 14.6 Å². The Morgan fingerprint density at radius 3 is 2.63 bits per heavy atom. The minimum absolute atomic E-state index is 0.0638. The second-order valence-electron chi connectivity index (χ2n) is 6.84. The number of rotatable bonds is 6. The van der Waals surface area contributed by atoms with Gasteiger partial charge in [0.05, 0.1) is 18.2 Å². The van der Waals surface area contributed by atoms with E-state index in [0.29, 0.717) is 24.1 Å². The number of carbonyl (C=O) groups excluding carboxylic acids is 2. The Hall–Kier alpha value is -3.16. The van der Waals surface area contributed by atoms with Crippen molar-refractivity contribution in [3.8, 4) is 6.07 Å². The number of aryl methyl sites for hydroxylation is 1. The van der Waals surface area contributed by atoms with Gasteiger partial charge >= 0.3 is 5.97 Å². The second-order valence-corrected chi connectivity index (χ2v) is 8.74. The SMILES string of the molecule is CCOC(=O)c1cc(S(=O)(=O)N2CCC[C@H]2C(=O)Nc2ccc(C#N)cc2)cn1C. The van der Waals surface area contributed by atoms with E-state index in [4.69, 9.17) is 10.00 Å². The highest BCUT2D eigenvalue weighted by Crippen LogP contribution is 2.28. The summed E-state index contributed by atoms with van der Waals surface area (Å²) in [4.78, 5) is 24.7. The number of nitrogens with one attached hydrogen (secondary N) is 1. The van der Waals surface area contributed by atoms with E-state index in [1.165, 1.54) is 16.8 Å². The number of aromatic nitrogens is 1. The zero-order chi connectivity index (χ0) is 21.9. The molecule has 1 aliphatic rings. The van der Waals surface area contributed by atoms with Crippen molar-refractivity contribution in [3.05, 3.63) is 47.8 Å². The minimum Gasteiger partial charge on any atom is -0.461 e. The fourth-order valence-electron chi connectivity index (χ4n) is 3.36. The molecule has 1 atom stereocenters. The number of sulfonamides is 1. The molecule has 0 saturated carbocycles. The van der Waals surface area contributed by atoms with Gasteiger partial charge in [0.2, 0.25) is 15.9 Å². The molecule has 1 fully saturated rings. The van der Waals surface area contributed by atoms with Crippen molar-refractivity contribution in [2.75, 3.05) is 18.5 Å². The molecule has 1 aromatic carbocycles. The van der Waals surface area contributed by atoms with Crippen LogP contribution in [0.5, 0.6) is 0 Å². The summed E-state index contributed by atoms with van der Waals surface area (Å²) in [7, 11) is -2.43. The maximum atomic E-state index is 13.2. The van der Waals surface area contributed by atoms with E-state index >= 15 is 0 Å². The molecule has 10 heteroatoms. The van der Waals surface area contributed by atoms with Gasteiger partial charge in [-0.15, -0.1) is 0 Å². The predicted octanol–water partition coefficient (Wildman–Crippen LogP) is 1.87. The number of nitrogens with zero attached hydrogens (tertiary/aromatic N) is 3. The Balaban J connectivity index is 1.81. The summed E-state index contributed by atoms with van der Waals surface area (Å²) in [6, 6.07) is 8.71. The number of ether oxygens (including phenoxy) is 1. The Labute approximate surface area is 174 Å². The average Bonchev–Trinajstić information content (AvgIpc) is 3.36. The summed E-state index contributed by atoms with van der Waals surface area (Å²) in [6.07, 6.45) is 2.27. The van der Waals surface area contributed by atoms with Crippen molar-refractivity contribution >= 4 is 27.6 Å². The number of carbonyl (C=O) groups is 2. The largest absolute Gasteiger partial charge is 0.461 e. The van der Waals surface area contributed by atoms with Crippen LogP contribution in [0.4, 0.5) is 5.69 Å². The number of nitriles is 1. The Morgan fingerprint density at radius 2 is 2.00 bits per heavy atom. The number of amides is 1. The topological polar surface area (TPSA) is 122 Å². The number of benzene rings is 1. The first kappa shape index (κ1) is 21.5. The Kier molecular flexibility index (Phi) is 6.24. The van der Waals surface area contributed by atoms with Crippen LogP contribution in [0.25, 0.3) is 0 Å². The van der Waals surface area contributed by atoms with Gasteiger partial charge in [-0.3, -0.25) is 4.79 Å². The van der Waals surface area contributed by atoms with Crippen molar-refractivity contribution in [2.45, 2.75) is 30.7 Å². The summed E-state index contributed by atoms with van der Waals surface area (Å²) in [5, 5.41) is 11.6. The third-order valence-electron chi connectivity index (χ3n) is 4.86. The number of hydrogen-bond acceptors (Lipinski definition) is 6. The lowest BCUT2D eigenvalue weighted by Crippen LogP contribution is -2.43. The van der Waals surface area contributed by atoms with Crippen LogP contribution >= 0.6 is 0 Å². The third-order valence-corrected chi connectivity index (χ3v) is 6.73. The maximum absolute atomic E-state index is 13.2. The normalized spacial score (nSPS) is 16.8. The lowest BCUT2D eigenvalue weighted by atomic mass is 10.2. The Morgan fingerprint density at radius 1 is 1.30 bits per heavy atom. The van der Waals surface area contributed by atoms with Gasteiger partial charge in [0.25, 0.3) is 0 Å². The van der Waals surface area contributed by atoms with Gasteiger partial charge in [0, 0.05) is 25.5 Å². The number of esters is 1. The molecule has 1 N–H and O–H groups in total. The molecular formula is C20H22N4O5S. The van der Waals surface area contributed by atoms with E-state index in [-0.39, 0.29) is 23.7 Å². The van der Waals surface area contributed by atoms with Crippen LogP contribution in [0.3, 0.4) is 0 Å². The fraction of sp³-hybridized carbons (Fsp3) is 0.350. The molecule has 1 saturated heterocycles. The van der Waals surface area contributed by atoms with Crippen molar-refractivity contribution < 1.29 is 22.7 Å². The fourth-order valence-corrected chi connectivity index (χ4v) is 5.09. The molecule has 0 radical (unpaired) electrons. The summed E-state index contributed by atoms with van der Waals surface area (Å²) in [6.45, 7) is 2.05. The highest BCUT2D eigenvalue weighted by Gasteiger charge is 2.40. The van der Waals surface area contributed by atoms with E-state index in [2.05, 4.69) is 5.32 Å². The van der Waals surface area contributed by atoms with Crippen molar-refractivity contribution in [3.63, 3.8) is 0 Å². The molecule has 0 spiro atoms. The molecule has 1 amide bonds. The summed E-state index contributed by atoms with van der Waals surface area (Å²) in [5.74, 6) is -1.06. The smallest absolute Gasteiger partial charge is 0.354 e. The van der Waals surface area contributed by atoms with Crippen LogP contribution < -0.4 is 5.32 Å². The van der Waals surface area contributed by atoms with Crippen LogP contribution in [0.15, 0.2) is 41.4 Å². The molecule has 0 aliphatic carbocycles. The zero-order valence-corrected chi connectivity index (χ0v) is 17.5. The minimum atomic E-state index is -3.99. The Bertz CT molecular complexity index is 1100. The van der Waals surface area contributed by atoms with Crippen LogP contribution in [0.1, 0.15) is 35.8 Å². The predicted molar refractivity (Wildman–Crippen MR) is 108 cm³/mol. The lowest BCUT2D eigenvalue weighted by molar-refractivity contribution is -0.119. The van der Waals surface area contributed by atoms with E-state index in [9.17, 15) is 18.0 Å². The van der Waals surface area contributed by atoms with Crippen molar-refractivity contribution in [1.29, 1.82) is 5.26 Å². The molecule has 158 valence electrons. The molecule has 2 aromatic rings. The van der Waals surface area contributed by atoms with Crippen LogP contribution in [0.2, 0.25) is 0 Å². The zero-order valence-electron chi connectivity index (χ0n) is 16.7. The molecule has 3 rings (SSSR count). The third kappa shape index (κ3) is 4.22. The molecule has 2 heterocycles. The van der Waals surface area contributed by atoms with Gasteiger partial charge in [-0.25, -0.2) is 13.2 Å². The highest BCUT2D eigenvalue weighted by molar-refractivity contribution is 7.89. The van der Waals surface area contributed by atoms with E-state index in [1.807, 2.05) is 6.07 Å². The molecular weight excluding hydrogens is 408 g/mol. The lowest BCUT2D eigenvalue weighted by Gasteiger charge is -2.22. The van der Waals surface area contributed by atoms with Gasteiger partial charge in [-0.2, -0.15) is 9.57 Å². The second kappa shape index (κ2) is 8.69. The highest BCUT2D eigenvalue weighted by atomic mass is 32.2. The van der Waals surface area contributed by atoms with Crippen LogP contribution in [-0.4, -0.2) is 48.4 Å². The van der Waals surface area contributed by atoms with Crippen molar-refractivity contribution in [1.82, 2.24) is 8.87 Å². The first-order chi connectivity index (χ1) is 14.3. The number of anilines is 1. The van der Waals surface area contributed by atoms with Gasteiger partial charge in [-0.05, 0) is 50.1 Å². The molecule has 1 aromatic heterocycles. The standard InChI is InChI=1S/C20H22N4O5S/c1-3-29-20(26)18-11-16(13-23(18)2)30(27,28)24-10-4-5-17(24)19(25)22-15-8-6-14(12-21)7-9-15/h6-9,11,13,17H,3-5,10H2,1-2H3,(H,22,25)/t17-/m0/s1. The summed E-state index contributed by atoms with van der Waals surface area (Å²) in [5.41, 5.74) is 1.06. The van der Waals surface area contributed by atoms with E-state index in [1.54, 1.807) is 38.2 Å². The molecule has 9 nitrogen and oxygen atoms in total. The number of hydrogen-bond donors (Lipinski definition) is 1. The summed E-state index contributed by atoms with van der Waals surface area (Å²) < 4.78 is 33.9. The van der Waals surface area contributed by atoms with Gasteiger partial charge in [0.15, 0.2) is 0 Å². The van der Waals surface area contributed by atoms with Crippen LogP contribution in [0, 0.1) is 11.3 Å². The van der Waals surface area contributed by atoms with E-state index < -0.39 is 27.9 Å². The van der Waals surface area contributed by atoms with Gasteiger partial charge in [-0.1, -0.05) is 0 Å². The quantitative estimate of drug-likeness (QED) is 0.698. The molecule has 0 unspecified atom stereocenters. The average molecular weight is 430 g/mol. The summed E-state index contributed by atoms with van der Waals surface area (Å²) >= 11 is 0. The van der Waals surface area contributed by atoms with Gasteiger partial charge in [0.1, 0.15) is 16.6 Å². The monoisotopic (exact) mass is 430 g/mol.